The predicted molar refractivity (Wildman–Crippen MR) is 102 cm³/mol. The summed E-state index contributed by atoms with van der Waals surface area (Å²) in [5, 5.41) is 10.4. The van der Waals surface area contributed by atoms with E-state index in [1.54, 1.807) is 6.07 Å². The van der Waals surface area contributed by atoms with Crippen molar-refractivity contribution in [3.05, 3.63) is 59.2 Å². The summed E-state index contributed by atoms with van der Waals surface area (Å²) >= 11 is 0. The molecular formula is C23H26O3. The van der Waals surface area contributed by atoms with Gasteiger partial charge in [-0.1, -0.05) is 36.8 Å². The molecule has 0 saturated heterocycles. The average molecular weight is 350 g/mol. The number of benzene rings is 2. The molecule has 0 amide bonds. The van der Waals surface area contributed by atoms with Crippen LogP contribution in [-0.4, -0.2) is 17.0 Å². The summed E-state index contributed by atoms with van der Waals surface area (Å²) < 4.78 is 6.10. The Labute approximate surface area is 155 Å². The SMILES string of the molecule is C[C@H](CCc1ccccc1)Oc1cc(O)c2c(c1)[C@@H]1CCC[C@H]1CC2=O. The normalized spacial score (nSPS) is 22.6. The lowest BCUT2D eigenvalue weighted by Gasteiger charge is -2.28. The molecule has 0 spiro atoms. The summed E-state index contributed by atoms with van der Waals surface area (Å²) in [6, 6.07) is 14.0. The zero-order valence-electron chi connectivity index (χ0n) is 15.3. The zero-order valence-corrected chi connectivity index (χ0v) is 15.3. The van der Waals surface area contributed by atoms with Crippen molar-refractivity contribution in [1.82, 2.24) is 0 Å². The second kappa shape index (κ2) is 7.14. The molecule has 4 rings (SSSR count). The molecule has 2 aromatic rings. The molecule has 0 unspecified atom stereocenters. The van der Waals surface area contributed by atoms with Crippen LogP contribution in [0.4, 0.5) is 0 Å². The number of ether oxygens (including phenoxy) is 1. The van der Waals surface area contributed by atoms with E-state index in [1.807, 2.05) is 12.1 Å². The largest absolute Gasteiger partial charge is 0.507 e. The van der Waals surface area contributed by atoms with E-state index in [1.165, 1.54) is 12.0 Å². The van der Waals surface area contributed by atoms with Crippen molar-refractivity contribution in [1.29, 1.82) is 0 Å². The fourth-order valence-corrected chi connectivity index (χ4v) is 4.62. The number of hydrogen-bond acceptors (Lipinski definition) is 3. The Kier molecular flexibility index (Phi) is 4.71. The maximum Gasteiger partial charge on any atom is 0.167 e. The Balaban J connectivity index is 1.50. The van der Waals surface area contributed by atoms with Gasteiger partial charge in [-0.25, -0.2) is 0 Å². The number of rotatable bonds is 5. The monoisotopic (exact) mass is 350 g/mol. The smallest absolute Gasteiger partial charge is 0.167 e. The number of hydrogen-bond donors (Lipinski definition) is 1. The molecule has 1 saturated carbocycles. The van der Waals surface area contributed by atoms with Gasteiger partial charge in [0.25, 0.3) is 0 Å². The van der Waals surface area contributed by atoms with E-state index in [9.17, 15) is 9.90 Å². The van der Waals surface area contributed by atoms with Gasteiger partial charge in [-0.05, 0) is 61.6 Å². The van der Waals surface area contributed by atoms with Crippen molar-refractivity contribution in [3.8, 4) is 11.5 Å². The van der Waals surface area contributed by atoms with Crippen LogP contribution in [0.2, 0.25) is 0 Å². The molecule has 3 atom stereocenters. The van der Waals surface area contributed by atoms with E-state index in [2.05, 4.69) is 31.2 Å². The number of aromatic hydroxyl groups is 1. The number of phenols is 1. The summed E-state index contributed by atoms with van der Waals surface area (Å²) in [5.41, 5.74) is 2.85. The number of aryl methyl sites for hydroxylation is 1. The standard InChI is InChI=1S/C23H26O3/c1-15(10-11-16-6-3-2-4-7-16)26-18-13-20-19-9-5-8-17(19)12-21(24)23(20)22(25)14-18/h2-4,6-7,13-15,17,19,25H,5,8-12H2,1H3/t15-,17+,19-/m1/s1. The van der Waals surface area contributed by atoms with Crippen LogP contribution in [0.5, 0.6) is 11.5 Å². The molecule has 136 valence electrons. The fourth-order valence-electron chi connectivity index (χ4n) is 4.62. The van der Waals surface area contributed by atoms with Gasteiger partial charge >= 0.3 is 0 Å². The summed E-state index contributed by atoms with van der Waals surface area (Å²) in [7, 11) is 0. The average Bonchev–Trinajstić information content (AvgIpc) is 3.09. The maximum absolute atomic E-state index is 12.4. The van der Waals surface area contributed by atoms with Gasteiger partial charge in [-0.3, -0.25) is 4.79 Å². The topological polar surface area (TPSA) is 46.5 Å². The molecule has 0 heterocycles. The highest BCUT2D eigenvalue weighted by Crippen LogP contribution is 2.49. The van der Waals surface area contributed by atoms with Crippen LogP contribution in [-0.2, 0) is 6.42 Å². The Hall–Kier alpha value is -2.29. The lowest BCUT2D eigenvalue weighted by atomic mass is 9.76. The summed E-state index contributed by atoms with van der Waals surface area (Å²) in [4.78, 5) is 12.4. The first kappa shape index (κ1) is 17.1. The van der Waals surface area contributed by atoms with E-state index < -0.39 is 0 Å². The molecule has 1 fully saturated rings. The van der Waals surface area contributed by atoms with Crippen LogP contribution < -0.4 is 4.74 Å². The minimum atomic E-state index is 0.0475. The van der Waals surface area contributed by atoms with Crippen molar-refractivity contribution < 1.29 is 14.6 Å². The Morgan fingerprint density at radius 2 is 2.00 bits per heavy atom. The van der Waals surface area contributed by atoms with E-state index in [-0.39, 0.29) is 17.6 Å². The number of ketones is 1. The maximum atomic E-state index is 12.4. The molecular weight excluding hydrogens is 324 g/mol. The molecule has 0 aliphatic heterocycles. The zero-order chi connectivity index (χ0) is 18.1. The highest BCUT2D eigenvalue weighted by Gasteiger charge is 2.38. The molecule has 26 heavy (non-hydrogen) atoms. The summed E-state index contributed by atoms with van der Waals surface area (Å²) in [6.07, 6.45) is 5.90. The second-order valence-corrected chi connectivity index (χ2v) is 7.78. The first-order valence-corrected chi connectivity index (χ1v) is 9.72. The molecule has 0 bridgehead atoms. The van der Waals surface area contributed by atoms with Gasteiger partial charge in [0.05, 0.1) is 11.7 Å². The molecule has 3 nitrogen and oxygen atoms in total. The Morgan fingerprint density at radius 3 is 2.81 bits per heavy atom. The third-order valence-electron chi connectivity index (χ3n) is 5.93. The van der Waals surface area contributed by atoms with Crippen molar-refractivity contribution in [2.45, 2.75) is 57.5 Å². The first-order chi connectivity index (χ1) is 12.6. The molecule has 0 radical (unpaired) electrons. The fraction of sp³-hybridized carbons (Fsp3) is 0.435. The van der Waals surface area contributed by atoms with Crippen molar-refractivity contribution >= 4 is 5.78 Å². The predicted octanol–water partition coefficient (Wildman–Crippen LogP) is 5.26. The van der Waals surface area contributed by atoms with Crippen LogP contribution in [0.15, 0.2) is 42.5 Å². The lowest BCUT2D eigenvalue weighted by Crippen LogP contribution is -2.22. The van der Waals surface area contributed by atoms with Crippen molar-refractivity contribution in [2.75, 3.05) is 0 Å². The third-order valence-corrected chi connectivity index (χ3v) is 5.93. The highest BCUT2D eigenvalue weighted by atomic mass is 16.5. The van der Waals surface area contributed by atoms with Crippen molar-refractivity contribution in [2.24, 2.45) is 5.92 Å². The van der Waals surface area contributed by atoms with E-state index in [4.69, 9.17) is 4.74 Å². The minimum Gasteiger partial charge on any atom is -0.507 e. The first-order valence-electron chi connectivity index (χ1n) is 9.72. The van der Waals surface area contributed by atoms with Gasteiger partial charge < -0.3 is 9.84 Å². The molecule has 2 aliphatic carbocycles. The van der Waals surface area contributed by atoms with Gasteiger partial charge in [-0.2, -0.15) is 0 Å². The minimum absolute atomic E-state index is 0.0475. The van der Waals surface area contributed by atoms with Crippen LogP contribution in [0.3, 0.4) is 0 Å². The summed E-state index contributed by atoms with van der Waals surface area (Å²) in [5.74, 6) is 1.70. The quantitative estimate of drug-likeness (QED) is 0.800. The molecule has 3 heteroatoms. The Bertz CT molecular complexity index is 797. The van der Waals surface area contributed by atoms with Gasteiger partial charge in [0.1, 0.15) is 11.5 Å². The van der Waals surface area contributed by atoms with Crippen LogP contribution in [0, 0.1) is 5.92 Å². The highest BCUT2D eigenvalue weighted by molar-refractivity contribution is 6.01. The number of carbonyl (C=O) groups is 1. The van der Waals surface area contributed by atoms with Gasteiger partial charge in [0, 0.05) is 12.5 Å². The van der Waals surface area contributed by atoms with E-state index in [0.29, 0.717) is 29.6 Å². The summed E-state index contributed by atoms with van der Waals surface area (Å²) in [6.45, 7) is 2.06. The number of carbonyl (C=O) groups excluding carboxylic acids is 1. The third kappa shape index (κ3) is 3.35. The molecule has 1 N–H and O–H groups in total. The van der Waals surface area contributed by atoms with Gasteiger partial charge in [0.15, 0.2) is 5.78 Å². The molecule has 2 aromatic carbocycles. The van der Waals surface area contributed by atoms with Crippen molar-refractivity contribution in [3.63, 3.8) is 0 Å². The van der Waals surface area contributed by atoms with Crippen LogP contribution >= 0.6 is 0 Å². The van der Waals surface area contributed by atoms with Gasteiger partial charge in [-0.15, -0.1) is 0 Å². The van der Waals surface area contributed by atoms with Crippen LogP contribution in [0.1, 0.15) is 66.4 Å². The number of fused-ring (bicyclic) bond motifs is 3. The van der Waals surface area contributed by atoms with E-state index >= 15 is 0 Å². The molecule has 0 aromatic heterocycles. The molecule has 2 aliphatic rings. The number of Topliss-reactive ketones (excluding diaryl/α,β-unsaturated/α-hetero) is 1. The van der Waals surface area contributed by atoms with Crippen LogP contribution in [0.25, 0.3) is 0 Å². The Morgan fingerprint density at radius 1 is 1.19 bits per heavy atom. The second-order valence-electron chi connectivity index (χ2n) is 7.78. The van der Waals surface area contributed by atoms with Gasteiger partial charge in [0.2, 0.25) is 0 Å². The van der Waals surface area contributed by atoms with E-state index in [0.717, 1.165) is 31.2 Å². The lowest BCUT2D eigenvalue weighted by molar-refractivity contribution is 0.0940. The number of phenolic OH excluding ortho intramolecular Hbond substituents is 1.